The number of alkyl halides is 4. The summed E-state index contributed by atoms with van der Waals surface area (Å²) in [5, 5.41) is 199. The van der Waals surface area contributed by atoms with Crippen molar-refractivity contribution < 1.29 is 298 Å². The topological polar surface area (TPSA) is 723 Å². The molecular formula is C55H93Br4K2N2O39+. The molecule has 8 saturated heterocycles. The van der Waals surface area contributed by atoms with E-state index >= 15 is 0 Å². The third-order valence-corrected chi connectivity index (χ3v) is 17.1. The Morgan fingerprint density at radius 2 is 0.961 bits per heavy atom. The van der Waals surface area contributed by atoms with Crippen LogP contribution in [-0.4, -0.2) is 362 Å². The minimum atomic E-state index is -1.63. The van der Waals surface area contributed by atoms with E-state index < -0.39 is 225 Å². The number of nitrogens with two attached hydrogens (primary N) is 1. The predicted molar refractivity (Wildman–Crippen MR) is 338 cm³/mol. The summed E-state index contributed by atoms with van der Waals surface area (Å²) in [4.78, 5) is 93.3. The zero-order valence-electron chi connectivity index (χ0n) is 55.7. The van der Waals surface area contributed by atoms with Crippen molar-refractivity contribution in [3.8, 4) is 0 Å². The van der Waals surface area contributed by atoms with E-state index in [0.717, 1.165) is 6.42 Å². The van der Waals surface area contributed by atoms with E-state index in [1.807, 2.05) is 6.92 Å². The fourth-order valence-corrected chi connectivity index (χ4v) is 9.90. The number of amides is 1. The maximum atomic E-state index is 10.9. The van der Waals surface area contributed by atoms with Crippen LogP contribution < -0.4 is 124 Å². The molecule has 0 saturated carbocycles. The average Bonchev–Trinajstić information content (AvgIpc) is 1.69. The zero-order chi connectivity index (χ0) is 76.5. The van der Waals surface area contributed by atoms with Gasteiger partial charge in [0.25, 0.3) is 0 Å². The van der Waals surface area contributed by atoms with Gasteiger partial charge >= 0.3 is 140 Å². The monoisotopic (exact) mass is 1800 g/mol. The van der Waals surface area contributed by atoms with Crippen molar-refractivity contribution in [3.05, 3.63) is 0 Å². The summed E-state index contributed by atoms with van der Waals surface area (Å²) in [7, 11) is 0. The van der Waals surface area contributed by atoms with Gasteiger partial charge in [0, 0.05) is 46.7 Å². The number of aliphatic hydroxyl groups excluding tert-OH is 20. The summed E-state index contributed by atoms with van der Waals surface area (Å²) in [6.45, 7) is 2.84. The number of carboxylic acid groups (broad SMARTS) is 2. The molecule has 586 valence electrons. The molecule has 0 aromatic carbocycles. The van der Waals surface area contributed by atoms with Crippen molar-refractivity contribution >= 4 is 117 Å². The van der Waals surface area contributed by atoms with Crippen LogP contribution in [0.1, 0.15) is 74.1 Å². The second kappa shape index (κ2) is 56.7. The normalized spacial score (nSPS) is 30.9. The largest absolute Gasteiger partial charge is 1.00 e. The third-order valence-electron chi connectivity index (χ3n) is 14.2. The number of aliphatic hydroxyl groups is 20. The summed E-state index contributed by atoms with van der Waals surface area (Å²) in [5.41, 5.74) is 1.80. The Kier molecular flexibility index (Phi) is 59.9. The molecule has 0 radical (unpaired) electrons. The molecule has 27 atom stereocenters. The van der Waals surface area contributed by atoms with Gasteiger partial charge in [-0.2, -0.15) is 0 Å². The molecule has 8 fully saturated rings. The van der Waals surface area contributed by atoms with Gasteiger partial charge in [-0.05, 0) is 6.42 Å². The fraction of sp³-hybridized carbons (Fsp3) is 0.836. The van der Waals surface area contributed by atoms with Crippen LogP contribution in [0.15, 0.2) is 0 Å². The van der Waals surface area contributed by atoms with Crippen molar-refractivity contribution in [2.45, 2.75) is 230 Å². The van der Waals surface area contributed by atoms with Crippen molar-refractivity contribution in [2.75, 3.05) is 49.0 Å². The first-order valence-corrected chi connectivity index (χ1v) is 34.0. The van der Waals surface area contributed by atoms with Crippen LogP contribution in [0.25, 0.3) is 0 Å². The molecule has 8 heterocycles. The Balaban J connectivity index is -0.000000348. The van der Waals surface area contributed by atoms with Gasteiger partial charge in [0.15, 0.2) is 36.6 Å². The van der Waals surface area contributed by atoms with E-state index in [0.29, 0.717) is 24.3 Å². The molecule has 0 bridgehead atoms. The number of carboxylic acids is 2. The molecule has 41 nitrogen and oxygen atoms in total. The van der Waals surface area contributed by atoms with Gasteiger partial charge < -0.3 is 160 Å². The van der Waals surface area contributed by atoms with E-state index in [1.54, 1.807) is 5.43 Å². The molecule has 0 aromatic heterocycles. The predicted octanol–water partition coefficient (Wildman–Crippen LogP) is -18.7. The number of esters is 6. The summed E-state index contributed by atoms with van der Waals surface area (Å²) in [6, 6.07) is 0. The maximum Gasteiger partial charge on any atom is 1.00 e. The van der Waals surface area contributed by atoms with E-state index in [1.165, 1.54) is 0 Å². The number of carbonyl (C=O) groups is 9. The van der Waals surface area contributed by atoms with Gasteiger partial charge in [-0.1, -0.05) is 85.0 Å². The minimum absolute atomic E-state index is 0. The fourth-order valence-electron chi connectivity index (χ4n) is 8.37. The van der Waals surface area contributed by atoms with E-state index in [9.17, 15) is 73.8 Å². The Morgan fingerprint density at radius 3 is 1.26 bits per heavy atom. The second-order valence-corrected chi connectivity index (χ2v) is 25.1. The van der Waals surface area contributed by atoms with Crippen LogP contribution in [0.2, 0.25) is 0 Å². The number of carbonyl (C=O) groups excluding carboxylic acids is 9. The average molecular weight is 1800 g/mol. The third kappa shape index (κ3) is 40.4. The number of rotatable bonds is 23. The molecule has 0 aromatic rings. The summed E-state index contributed by atoms with van der Waals surface area (Å²) in [6.07, 6.45) is -23.8. The number of aliphatic carboxylic acids is 2. The smallest absolute Gasteiger partial charge is 0.550 e. The van der Waals surface area contributed by atoms with Crippen molar-refractivity contribution in [1.82, 2.24) is 5.43 Å². The first kappa shape index (κ1) is 108. The number of halogens is 4. The molecule has 6 unspecified atom stereocenters. The Hall–Kier alpha value is -0.497. The molecule has 8 rings (SSSR count). The van der Waals surface area contributed by atoms with Gasteiger partial charge in [-0.3, -0.25) is 34.2 Å². The number of hydrazine groups is 1. The van der Waals surface area contributed by atoms with Crippen molar-refractivity contribution in [3.63, 3.8) is 0 Å². The van der Waals surface area contributed by atoms with Crippen LogP contribution in [-0.2, 0) is 81.0 Å². The first-order chi connectivity index (χ1) is 46.2. The number of hydrogen-bond acceptors (Lipinski definition) is 40. The molecular weight excluding hydrogens is 1710 g/mol. The summed E-state index contributed by atoms with van der Waals surface area (Å²) >= 11 is 11.9. The Morgan fingerprint density at radius 1 is 0.539 bits per heavy atom. The molecule has 47 heteroatoms. The number of epoxide rings is 2. The summed E-state index contributed by atoms with van der Waals surface area (Å²) < 4.78 is 37.2. The van der Waals surface area contributed by atoms with Crippen molar-refractivity contribution in [2.24, 2.45) is 11.8 Å². The number of nitrogens with one attached hydrogen (secondary N) is 1. The van der Waals surface area contributed by atoms with E-state index in [4.69, 9.17) is 102 Å². The maximum absolute atomic E-state index is 10.9. The van der Waals surface area contributed by atoms with Crippen LogP contribution in [0.4, 0.5) is 0 Å². The molecule has 8 aliphatic heterocycles. The first-order valence-electron chi connectivity index (χ1n) is 29.7. The minimum Gasteiger partial charge on any atom is -0.550 e. The quantitative estimate of drug-likeness (QED) is 0.00660. The molecule has 102 heavy (non-hydrogen) atoms. The van der Waals surface area contributed by atoms with Gasteiger partial charge in [-0.25, -0.2) is 10.6 Å². The zero-order valence-corrected chi connectivity index (χ0v) is 67.3. The van der Waals surface area contributed by atoms with E-state index in [2.05, 4.69) is 94.3 Å². The molecule has 1 amide bonds. The van der Waals surface area contributed by atoms with Gasteiger partial charge in [-0.15, -0.1) is 0 Å². The Labute approximate surface area is 703 Å². The number of ether oxygens (including phenoxy) is 8. The molecule has 0 aliphatic carbocycles. The molecule has 0 spiro atoms. The van der Waals surface area contributed by atoms with E-state index in [-0.39, 0.29) is 173 Å². The number of cyclic esters (lactones) is 6. The second-order valence-electron chi connectivity index (χ2n) is 22.1. The van der Waals surface area contributed by atoms with Crippen LogP contribution in [0.3, 0.4) is 0 Å². The van der Waals surface area contributed by atoms with Crippen LogP contribution in [0, 0.1) is 5.92 Å². The van der Waals surface area contributed by atoms with Crippen LogP contribution in [0.5, 0.6) is 0 Å². The van der Waals surface area contributed by atoms with Gasteiger partial charge in [0.1, 0.15) is 96.4 Å². The van der Waals surface area contributed by atoms with Crippen molar-refractivity contribution in [1.29, 1.82) is 0 Å². The standard InChI is InChI=1S/C7H12O2.C6H8Br2O4.C6H13BrN2O4.C6H9BrO4.C6H10O6.3C6H10O5.C5H8O4.CH4.2K/c1-3-6-5(2)4-7(8)9-6;7-1-2(9)5-4(10)3(8)6(11)12-5;7-2-4(11)6(13)3(10)1-5(12)9-8;7-2-4(9)6-3(8)1-5(10)11-6;7-1-2(8)5-3(9)4(10)6(11)12-5;7-3(1-5(8)9)6(10)4-2-11-4;7-2-4-6(11-4)3(8)1-5(9)10;7-2-4(9)6-3(8)1-5(10)11-6;6-2-4-3(7)1-5(8)9-4;;;/h5-6H,3-4H2,1-2H3;2-5,9-10H,1H2;3-4,6,10-11,13H,1-2,8H2,(H,9,12);3-4,6,8-9H,1-2H2;2-5,7-10H,1H2;3-4,6-7,10H,1-2H2,(H,8,9);3-4,6-8H,1-2H2,(H,9,10);3-4,6-9H,1-2H2;3-4,6-7H,1-2H2;1H4;;/q;;;;;;;;;;2*+1/p-1/t5-,6+;2-,3-,4+,5+;;3-,4+,6+;2-,3+,4+,5+;2*3-,4?,6+;3-,4?,6-;3-,4+;;;/m10.101111.../s1. The van der Waals surface area contributed by atoms with Gasteiger partial charge in [0.05, 0.1) is 89.6 Å². The molecule has 8 aliphatic rings. The Bertz CT molecular complexity index is 2350. The number of hydrogen-bond donors (Lipinski definition) is 22. The SMILES string of the molecule is C.CC[C@@H]1OC(=O)C[C@H]1C.NNC(=O)CC(O)C(O)C(O)CBr.O=C([O-])C[C@@H](O)[C@@H]1OC1CO.O=C([O-])C[C@@H](O)[C@H](O)C1CO1.O=C1C[C@@H](O)[C@@H]([C@@H](O)CBr)O1.O=C1C[C@@H](O)[C@H](C(O)CO)O1.O=C1C[C@@H](O)[C@H](CO)O1.O=C1O[C@H]([C@@H](O)CBr)[C@H](O)[C@@H]1Br.O=C1O[C@H]([C@@H](O)CO)[C@H](O)[C@H]1O.[H+].[K+].[K+]. The molecule has 23 N–H and O–H groups in total. The summed E-state index contributed by atoms with van der Waals surface area (Å²) in [5.74, 6) is -1.10. The van der Waals surface area contributed by atoms with Gasteiger partial charge in [0.2, 0.25) is 5.91 Å². The van der Waals surface area contributed by atoms with Crippen LogP contribution >= 0.6 is 63.7 Å².